The Bertz CT molecular complexity index is 567. The summed E-state index contributed by atoms with van der Waals surface area (Å²) in [6.45, 7) is 1.90. The maximum absolute atomic E-state index is 12.5. The molecule has 23 heavy (non-hydrogen) atoms. The number of carbonyl (C=O) groups is 2. The molecule has 0 bridgehead atoms. The van der Waals surface area contributed by atoms with Crippen LogP contribution in [0.3, 0.4) is 0 Å². The van der Waals surface area contributed by atoms with Gasteiger partial charge in [0.25, 0.3) is 5.91 Å². The molecular formula is C17H21NO5. The van der Waals surface area contributed by atoms with E-state index >= 15 is 0 Å². The van der Waals surface area contributed by atoms with E-state index in [0.29, 0.717) is 31.2 Å². The lowest BCUT2D eigenvalue weighted by molar-refractivity contribution is -0.141. The van der Waals surface area contributed by atoms with E-state index in [9.17, 15) is 9.59 Å². The van der Waals surface area contributed by atoms with Crippen molar-refractivity contribution in [2.45, 2.75) is 25.4 Å². The Morgan fingerprint density at radius 2 is 2.00 bits per heavy atom. The molecule has 1 aromatic carbocycles. The van der Waals surface area contributed by atoms with E-state index in [1.807, 2.05) is 12.1 Å². The van der Waals surface area contributed by atoms with Gasteiger partial charge in [0.1, 0.15) is 5.75 Å². The first-order valence-corrected chi connectivity index (χ1v) is 7.97. The van der Waals surface area contributed by atoms with E-state index in [1.54, 1.807) is 17.0 Å². The molecule has 1 saturated carbocycles. The van der Waals surface area contributed by atoms with Crippen LogP contribution in [0.25, 0.3) is 0 Å². The van der Waals surface area contributed by atoms with Gasteiger partial charge >= 0.3 is 5.97 Å². The van der Waals surface area contributed by atoms with Crippen LogP contribution in [0.4, 0.5) is 0 Å². The quantitative estimate of drug-likeness (QED) is 0.865. The molecule has 1 atom stereocenters. The van der Waals surface area contributed by atoms with E-state index in [0.717, 1.165) is 12.4 Å². The Morgan fingerprint density at radius 1 is 1.26 bits per heavy atom. The fourth-order valence-corrected chi connectivity index (χ4v) is 2.60. The molecule has 6 nitrogen and oxygen atoms in total. The third-order valence-electron chi connectivity index (χ3n) is 4.11. The van der Waals surface area contributed by atoms with E-state index in [4.69, 9.17) is 14.6 Å². The van der Waals surface area contributed by atoms with E-state index < -0.39 is 12.1 Å². The highest BCUT2D eigenvalue weighted by Crippen LogP contribution is 2.29. The molecule has 0 radical (unpaired) electrons. The number of carboxylic acids is 1. The normalized spacial score (nSPS) is 21.0. The second-order valence-corrected chi connectivity index (χ2v) is 6.12. The largest absolute Gasteiger partial charge is 0.493 e. The zero-order valence-electron chi connectivity index (χ0n) is 12.9. The van der Waals surface area contributed by atoms with Crippen LogP contribution in [0.15, 0.2) is 24.3 Å². The first kappa shape index (κ1) is 15.8. The number of ether oxygens (including phenoxy) is 2. The third-order valence-corrected chi connectivity index (χ3v) is 4.11. The van der Waals surface area contributed by atoms with Crippen LogP contribution in [-0.2, 0) is 9.53 Å². The van der Waals surface area contributed by atoms with Crippen molar-refractivity contribution in [3.05, 3.63) is 29.8 Å². The highest BCUT2D eigenvalue weighted by atomic mass is 16.5. The summed E-state index contributed by atoms with van der Waals surface area (Å²) in [4.78, 5) is 24.9. The van der Waals surface area contributed by atoms with E-state index in [1.165, 1.54) is 12.8 Å². The first-order chi connectivity index (χ1) is 11.1. The number of hydrogen-bond acceptors (Lipinski definition) is 4. The zero-order chi connectivity index (χ0) is 16.2. The number of carboxylic acid groups (broad SMARTS) is 1. The lowest BCUT2D eigenvalue weighted by atomic mass is 10.1. The van der Waals surface area contributed by atoms with Gasteiger partial charge in [-0.25, -0.2) is 0 Å². The molecule has 1 N–H and O–H groups in total. The van der Waals surface area contributed by atoms with Crippen molar-refractivity contribution in [3.63, 3.8) is 0 Å². The van der Waals surface area contributed by atoms with Crippen LogP contribution in [0.2, 0.25) is 0 Å². The molecule has 2 aliphatic rings. The van der Waals surface area contributed by atoms with Gasteiger partial charge in [-0.1, -0.05) is 0 Å². The van der Waals surface area contributed by atoms with Crippen molar-refractivity contribution in [2.75, 3.05) is 26.3 Å². The fourth-order valence-electron chi connectivity index (χ4n) is 2.60. The molecule has 1 aliphatic carbocycles. The number of rotatable bonds is 6. The van der Waals surface area contributed by atoms with Crippen LogP contribution in [0, 0.1) is 5.92 Å². The molecule has 3 rings (SSSR count). The summed E-state index contributed by atoms with van der Waals surface area (Å²) >= 11 is 0. The monoisotopic (exact) mass is 319 g/mol. The van der Waals surface area contributed by atoms with Crippen LogP contribution in [0.5, 0.6) is 5.75 Å². The summed E-state index contributed by atoms with van der Waals surface area (Å²) in [5.74, 6) is 0.453. The summed E-state index contributed by atoms with van der Waals surface area (Å²) in [6, 6.07) is 7.13. The Hall–Kier alpha value is -2.08. The first-order valence-electron chi connectivity index (χ1n) is 7.97. The van der Waals surface area contributed by atoms with Crippen LogP contribution < -0.4 is 4.74 Å². The Morgan fingerprint density at radius 3 is 2.65 bits per heavy atom. The molecule has 6 heteroatoms. The number of carbonyl (C=O) groups excluding carboxylic acids is 1. The van der Waals surface area contributed by atoms with Gasteiger partial charge in [-0.3, -0.25) is 9.59 Å². The fraction of sp³-hybridized carbons (Fsp3) is 0.529. The van der Waals surface area contributed by atoms with Gasteiger partial charge in [-0.15, -0.1) is 0 Å². The van der Waals surface area contributed by atoms with Crippen molar-refractivity contribution in [3.8, 4) is 5.75 Å². The molecule has 0 aromatic heterocycles. The van der Waals surface area contributed by atoms with Crippen molar-refractivity contribution in [2.24, 2.45) is 5.92 Å². The predicted molar refractivity (Wildman–Crippen MR) is 82.6 cm³/mol. The minimum absolute atomic E-state index is 0.0856. The molecule has 1 heterocycles. The van der Waals surface area contributed by atoms with Crippen molar-refractivity contribution in [1.82, 2.24) is 4.90 Å². The minimum atomic E-state index is -0.915. The lowest BCUT2D eigenvalue weighted by Crippen LogP contribution is -2.46. The Kier molecular flexibility index (Phi) is 4.81. The van der Waals surface area contributed by atoms with Crippen LogP contribution in [-0.4, -0.2) is 54.3 Å². The maximum Gasteiger partial charge on any atom is 0.306 e. The molecule has 1 saturated heterocycles. The number of morpholine rings is 1. The number of aliphatic carboxylic acids is 1. The smallest absolute Gasteiger partial charge is 0.306 e. The number of amides is 1. The molecule has 124 valence electrons. The topological polar surface area (TPSA) is 76.1 Å². The maximum atomic E-state index is 12.5. The Labute approximate surface area is 135 Å². The van der Waals surface area contributed by atoms with Crippen molar-refractivity contribution >= 4 is 11.9 Å². The third kappa shape index (κ3) is 4.45. The van der Waals surface area contributed by atoms with Crippen molar-refractivity contribution in [1.29, 1.82) is 0 Å². The summed E-state index contributed by atoms with van der Waals surface area (Å²) in [5, 5.41) is 8.83. The minimum Gasteiger partial charge on any atom is -0.493 e. The SMILES string of the molecule is O=C(O)C[C@H]1CN(C(=O)c2ccc(OCC3CC3)cc2)CCO1. The van der Waals surface area contributed by atoms with Gasteiger partial charge in [-0.2, -0.15) is 0 Å². The molecular weight excluding hydrogens is 298 g/mol. The second-order valence-electron chi connectivity index (χ2n) is 6.12. The number of benzene rings is 1. The van der Waals surface area contributed by atoms with E-state index in [2.05, 4.69) is 0 Å². The molecule has 1 aromatic rings. The summed E-state index contributed by atoms with van der Waals surface area (Å²) in [7, 11) is 0. The molecule has 0 spiro atoms. The predicted octanol–water partition coefficient (Wildman–Crippen LogP) is 1.79. The zero-order valence-corrected chi connectivity index (χ0v) is 12.9. The number of nitrogens with zero attached hydrogens (tertiary/aromatic N) is 1. The van der Waals surface area contributed by atoms with Crippen molar-refractivity contribution < 1.29 is 24.2 Å². The molecule has 2 fully saturated rings. The number of hydrogen-bond donors (Lipinski definition) is 1. The van der Waals surface area contributed by atoms with E-state index in [-0.39, 0.29) is 12.3 Å². The second kappa shape index (κ2) is 7.00. The Balaban J connectivity index is 1.56. The average molecular weight is 319 g/mol. The van der Waals surface area contributed by atoms with Gasteiger partial charge in [-0.05, 0) is 43.0 Å². The van der Waals surface area contributed by atoms with Gasteiger partial charge in [0, 0.05) is 18.7 Å². The highest BCUT2D eigenvalue weighted by molar-refractivity contribution is 5.94. The average Bonchev–Trinajstić information content (AvgIpc) is 3.37. The molecule has 1 aliphatic heterocycles. The highest BCUT2D eigenvalue weighted by Gasteiger charge is 2.26. The molecule has 1 amide bonds. The summed E-state index contributed by atoms with van der Waals surface area (Å²) in [5.41, 5.74) is 0.583. The standard InChI is InChI=1S/C17H21NO5/c19-16(20)9-15-10-18(7-8-22-15)17(21)13-3-5-14(6-4-13)23-11-12-1-2-12/h3-6,12,15H,1-2,7-11H2,(H,19,20)/t15-/m0/s1. The van der Waals surface area contributed by atoms with Gasteiger partial charge in [0.05, 0.1) is 25.7 Å². The van der Waals surface area contributed by atoms with Crippen LogP contribution >= 0.6 is 0 Å². The molecule has 0 unspecified atom stereocenters. The summed E-state index contributed by atoms with van der Waals surface area (Å²) < 4.78 is 11.1. The van der Waals surface area contributed by atoms with Gasteiger partial charge in [0.15, 0.2) is 0 Å². The van der Waals surface area contributed by atoms with Gasteiger partial charge < -0.3 is 19.5 Å². The lowest BCUT2D eigenvalue weighted by Gasteiger charge is -2.32. The van der Waals surface area contributed by atoms with Gasteiger partial charge in [0.2, 0.25) is 0 Å². The summed E-state index contributed by atoms with van der Waals surface area (Å²) in [6.07, 6.45) is 1.96. The van der Waals surface area contributed by atoms with Crippen LogP contribution in [0.1, 0.15) is 29.6 Å².